The first kappa shape index (κ1) is 13.6. The zero-order chi connectivity index (χ0) is 15.8. The fourth-order valence-corrected chi connectivity index (χ4v) is 2.90. The van der Waals surface area contributed by atoms with Crippen LogP contribution in [-0.4, -0.2) is 22.8 Å². The van der Waals surface area contributed by atoms with Crippen LogP contribution in [0.5, 0.6) is 5.75 Å². The number of rotatable bonds is 3. The molecule has 5 heteroatoms. The molecule has 23 heavy (non-hydrogen) atoms. The second-order valence-electron chi connectivity index (χ2n) is 5.32. The second-order valence-corrected chi connectivity index (χ2v) is 5.32. The van der Waals surface area contributed by atoms with Gasteiger partial charge >= 0.3 is 0 Å². The lowest BCUT2D eigenvalue weighted by atomic mass is 10.2. The topological polar surface area (TPSA) is 47.4 Å². The summed E-state index contributed by atoms with van der Waals surface area (Å²) in [5.41, 5.74) is 3.24. The van der Waals surface area contributed by atoms with Crippen molar-refractivity contribution in [1.29, 1.82) is 0 Å². The van der Waals surface area contributed by atoms with Gasteiger partial charge in [0.2, 0.25) is 0 Å². The van der Waals surface area contributed by atoms with Gasteiger partial charge in [0.25, 0.3) is 5.91 Å². The van der Waals surface area contributed by atoms with Crippen molar-refractivity contribution in [3.05, 3.63) is 72.1 Å². The zero-order valence-corrected chi connectivity index (χ0v) is 12.6. The quantitative estimate of drug-likeness (QED) is 0.747. The molecule has 1 aliphatic heterocycles. The van der Waals surface area contributed by atoms with Crippen molar-refractivity contribution in [1.82, 2.24) is 9.78 Å². The van der Waals surface area contributed by atoms with Gasteiger partial charge in [-0.05, 0) is 24.3 Å². The van der Waals surface area contributed by atoms with Gasteiger partial charge in [0.1, 0.15) is 11.4 Å². The van der Waals surface area contributed by atoms with Crippen molar-refractivity contribution in [2.24, 2.45) is 0 Å². The van der Waals surface area contributed by atoms with Crippen LogP contribution in [0.2, 0.25) is 0 Å². The largest absolute Gasteiger partial charge is 0.494 e. The molecule has 1 aromatic heterocycles. The van der Waals surface area contributed by atoms with Crippen LogP contribution in [0.25, 0.3) is 5.69 Å². The number of hydrogen-bond acceptors (Lipinski definition) is 3. The van der Waals surface area contributed by atoms with Crippen LogP contribution in [0.1, 0.15) is 16.1 Å². The molecular formula is C18H15N3O2. The van der Waals surface area contributed by atoms with E-state index in [-0.39, 0.29) is 5.91 Å². The summed E-state index contributed by atoms with van der Waals surface area (Å²) in [7, 11) is 1.63. The maximum atomic E-state index is 12.6. The van der Waals surface area contributed by atoms with Crippen LogP contribution in [-0.2, 0) is 6.54 Å². The van der Waals surface area contributed by atoms with Gasteiger partial charge in [-0.3, -0.25) is 4.79 Å². The molecule has 1 aliphatic rings. The van der Waals surface area contributed by atoms with Crippen LogP contribution in [0.15, 0.2) is 60.8 Å². The predicted octanol–water partition coefficient (Wildman–Crippen LogP) is 3.04. The summed E-state index contributed by atoms with van der Waals surface area (Å²) >= 11 is 0. The van der Waals surface area contributed by atoms with Gasteiger partial charge in [-0.1, -0.05) is 30.3 Å². The van der Waals surface area contributed by atoms with E-state index in [0.717, 1.165) is 22.8 Å². The minimum absolute atomic E-state index is 0.0210. The molecule has 0 atom stereocenters. The third-order valence-corrected chi connectivity index (χ3v) is 4.03. The van der Waals surface area contributed by atoms with Crippen molar-refractivity contribution >= 4 is 11.6 Å². The summed E-state index contributed by atoms with van der Waals surface area (Å²) < 4.78 is 7.19. The lowest BCUT2D eigenvalue weighted by Gasteiger charge is -2.16. The zero-order valence-electron chi connectivity index (χ0n) is 12.6. The molecule has 0 unspecified atom stereocenters. The van der Waals surface area contributed by atoms with Crippen molar-refractivity contribution in [3.8, 4) is 11.4 Å². The molecule has 0 saturated carbocycles. The number of methoxy groups -OCH3 is 1. The number of carbonyl (C=O) groups excluding carboxylic acids is 1. The van der Waals surface area contributed by atoms with Gasteiger partial charge in [-0.2, -0.15) is 5.10 Å². The van der Waals surface area contributed by atoms with E-state index in [2.05, 4.69) is 5.10 Å². The molecule has 0 radical (unpaired) electrons. The summed E-state index contributed by atoms with van der Waals surface area (Å²) in [4.78, 5) is 14.4. The van der Waals surface area contributed by atoms with E-state index in [4.69, 9.17) is 4.74 Å². The summed E-state index contributed by atoms with van der Waals surface area (Å²) in [6, 6.07) is 17.3. The van der Waals surface area contributed by atoms with E-state index >= 15 is 0 Å². The second kappa shape index (κ2) is 5.28. The molecule has 5 nitrogen and oxygen atoms in total. The van der Waals surface area contributed by atoms with Gasteiger partial charge in [0.15, 0.2) is 0 Å². The number of carbonyl (C=O) groups is 1. The lowest BCUT2D eigenvalue weighted by molar-refractivity contribution is 0.0996. The Labute approximate surface area is 133 Å². The van der Waals surface area contributed by atoms with Gasteiger partial charge in [0.05, 0.1) is 31.1 Å². The first-order valence-corrected chi connectivity index (χ1v) is 7.37. The van der Waals surface area contributed by atoms with Gasteiger partial charge in [-0.25, -0.2) is 4.68 Å². The highest BCUT2D eigenvalue weighted by Crippen LogP contribution is 2.31. The number of aromatic nitrogens is 2. The normalized spacial score (nSPS) is 13.3. The van der Waals surface area contributed by atoms with Gasteiger partial charge in [0, 0.05) is 5.69 Å². The number of fused-ring (bicyclic) bond motifs is 1. The Morgan fingerprint density at radius 3 is 2.57 bits per heavy atom. The summed E-state index contributed by atoms with van der Waals surface area (Å²) in [5.74, 6) is 0.705. The minimum atomic E-state index is -0.0210. The van der Waals surface area contributed by atoms with Crippen molar-refractivity contribution < 1.29 is 9.53 Å². The molecule has 2 heterocycles. The Bertz CT molecular complexity index is 871. The molecule has 114 valence electrons. The SMILES string of the molecule is COc1ccccc1-n1ncc2c1CN(c1ccccc1)C2=O. The first-order chi connectivity index (χ1) is 11.3. The molecule has 0 saturated heterocycles. The van der Waals surface area contributed by atoms with Crippen LogP contribution in [0, 0.1) is 0 Å². The number of ether oxygens (including phenoxy) is 1. The fraction of sp³-hybridized carbons (Fsp3) is 0.111. The van der Waals surface area contributed by atoms with Crippen molar-refractivity contribution in [2.75, 3.05) is 12.0 Å². The van der Waals surface area contributed by atoms with E-state index in [9.17, 15) is 4.79 Å². The molecule has 4 rings (SSSR count). The van der Waals surface area contributed by atoms with Crippen molar-refractivity contribution in [3.63, 3.8) is 0 Å². The molecule has 0 spiro atoms. The maximum absolute atomic E-state index is 12.6. The van der Waals surface area contributed by atoms with Gasteiger partial charge in [-0.15, -0.1) is 0 Å². The average molecular weight is 305 g/mol. The summed E-state index contributed by atoms with van der Waals surface area (Å²) in [6.45, 7) is 0.496. The number of nitrogens with zero attached hydrogens (tertiary/aromatic N) is 3. The van der Waals surface area contributed by atoms with Crippen LogP contribution >= 0.6 is 0 Å². The third kappa shape index (κ3) is 2.09. The van der Waals surface area contributed by atoms with E-state index in [1.807, 2.05) is 54.6 Å². The molecular weight excluding hydrogens is 290 g/mol. The predicted molar refractivity (Wildman–Crippen MR) is 87.1 cm³/mol. The average Bonchev–Trinajstić information content (AvgIpc) is 3.16. The number of amides is 1. The van der Waals surface area contributed by atoms with Crippen LogP contribution < -0.4 is 9.64 Å². The molecule has 0 aliphatic carbocycles. The van der Waals surface area contributed by atoms with Crippen LogP contribution in [0.4, 0.5) is 5.69 Å². The Morgan fingerprint density at radius 1 is 1.04 bits per heavy atom. The highest BCUT2D eigenvalue weighted by Gasteiger charge is 2.33. The van der Waals surface area contributed by atoms with Crippen molar-refractivity contribution in [2.45, 2.75) is 6.54 Å². The fourth-order valence-electron chi connectivity index (χ4n) is 2.90. The minimum Gasteiger partial charge on any atom is -0.494 e. The Morgan fingerprint density at radius 2 is 1.78 bits per heavy atom. The number of benzene rings is 2. The highest BCUT2D eigenvalue weighted by atomic mass is 16.5. The molecule has 0 N–H and O–H groups in total. The summed E-state index contributed by atoms with van der Waals surface area (Å²) in [5, 5.41) is 4.38. The molecule has 0 bridgehead atoms. The highest BCUT2D eigenvalue weighted by molar-refractivity contribution is 6.09. The molecule has 2 aromatic carbocycles. The smallest absolute Gasteiger partial charge is 0.262 e. The number of hydrogen-bond donors (Lipinski definition) is 0. The van der Waals surface area contributed by atoms with Gasteiger partial charge < -0.3 is 9.64 Å². The number of para-hydroxylation sites is 3. The molecule has 3 aromatic rings. The lowest BCUT2D eigenvalue weighted by Crippen LogP contribution is -2.23. The molecule has 1 amide bonds. The van der Waals surface area contributed by atoms with E-state index in [0.29, 0.717) is 12.1 Å². The first-order valence-electron chi connectivity index (χ1n) is 7.37. The third-order valence-electron chi connectivity index (χ3n) is 4.03. The van der Waals surface area contributed by atoms with E-state index in [1.54, 1.807) is 22.9 Å². The Kier molecular flexibility index (Phi) is 3.12. The Balaban J connectivity index is 1.78. The van der Waals surface area contributed by atoms with E-state index < -0.39 is 0 Å². The Hall–Kier alpha value is -3.08. The summed E-state index contributed by atoms with van der Waals surface area (Å²) in [6.07, 6.45) is 1.63. The maximum Gasteiger partial charge on any atom is 0.262 e. The van der Waals surface area contributed by atoms with E-state index in [1.165, 1.54) is 0 Å². The molecule has 0 fully saturated rings. The monoisotopic (exact) mass is 305 g/mol. The standard InChI is InChI=1S/C18H15N3O2/c1-23-17-10-6-5-9-15(17)21-16-12-20(13-7-3-2-4-8-13)18(22)14(16)11-19-21/h2-11H,12H2,1H3. The number of anilines is 1. The van der Waals surface area contributed by atoms with Crippen LogP contribution in [0.3, 0.4) is 0 Å².